The molecule has 1 aromatic carbocycles. The highest BCUT2D eigenvalue weighted by Crippen LogP contribution is 2.32. The average molecular weight is 256 g/mol. The van der Waals surface area contributed by atoms with Crippen molar-refractivity contribution in [3.63, 3.8) is 0 Å². The fourth-order valence-corrected chi connectivity index (χ4v) is 3.16. The molecule has 0 aromatic heterocycles. The Bertz CT molecular complexity index is 538. The molecule has 2 rings (SSSR count). The van der Waals surface area contributed by atoms with Crippen LogP contribution in [0.1, 0.15) is 5.56 Å². The van der Waals surface area contributed by atoms with E-state index in [9.17, 15) is 8.42 Å². The number of hydrogen-bond acceptors (Lipinski definition) is 4. The van der Waals surface area contributed by atoms with Gasteiger partial charge in [-0.2, -0.15) is 0 Å². The molecule has 16 heavy (non-hydrogen) atoms. The Hall–Kier alpha value is -0.980. The summed E-state index contributed by atoms with van der Waals surface area (Å²) in [5.41, 5.74) is 1.57. The molecule has 1 aliphatic heterocycles. The molecule has 86 valence electrons. The van der Waals surface area contributed by atoms with Crippen LogP contribution in [0.15, 0.2) is 34.7 Å². The van der Waals surface area contributed by atoms with Gasteiger partial charge < -0.3 is 4.90 Å². The Kier molecular flexibility index (Phi) is 2.96. The summed E-state index contributed by atoms with van der Waals surface area (Å²) < 4.78 is 23.0. The van der Waals surface area contributed by atoms with Crippen molar-refractivity contribution < 1.29 is 8.42 Å². The second-order valence-corrected chi connectivity index (χ2v) is 5.91. The number of nitrogens with two attached hydrogens (primary N) is 1. The molecule has 0 unspecified atom stereocenters. The molecule has 4 nitrogen and oxygen atoms in total. The van der Waals surface area contributed by atoms with Crippen LogP contribution in [0.3, 0.4) is 0 Å². The van der Waals surface area contributed by atoms with E-state index in [0.717, 1.165) is 5.56 Å². The molecule has 1 heterocycles. The third-order valence-corrected chi connectivity index (χ3v) is 4.03. The van der Waals surface area contributed by atoms with Gasteiger partial charge >= 0.3 is 0 Å². The molecule has 0 fully saturated rings. The van der Waals surface area contributed by atoms with Gasteiger partial charge in [0.15, 0.2) is 0 Å². The van der Waals surface area contributed by atoms with Crippen molar-refractivity contribution in [2.24, 2.45) is 5.14 Å². The van der Waals surface area contributed by atoms with E-state index in [2.05, 4.69) is 0 Å². The molecule has 6 heteroatoms. The topological polar surface area (TPSA) is 63.4 Å². The Labute approximate surface area is 99.2 Å². The van der Waals surface area contributed by atoms with E-state index in [1.807, 2.05) is 29.5 Å². The van der Waals surface area contributed by atoms with Gasteiger partial charge in [-0.05, 0) is 24.0 Å². The Morgan fingerprint density at radius 2 is 2.19 bits per heavy atom. The number of anilines is 1. The normalized spacial score (nSPS) is 15.8. The molecule has 0 radical (unpaired) electrons. The SMILES string of the molecule is Cc1cccc(S(N)(=O)=O)c1N1C=CSC1. The predicted octanol–water partition coefficient (Wildman–Crippen LogP) is 1.62. The second kappa shape index (κ2) is 4.12. The van der Waals surface area contributed by atoms with E-state index in [-0.39, 0.29) is 4.90 Å². The lowest BCUT2D eigenvalue weighted by molar-refractivity contribution is 0.597. The van der Waals surface area contributed by atoms with Gasteiger partial charge in [0.05, 0.1) is 11.6 Å². The molecule has 0 aliphatic carbocycles. The first-order chi connectivity index (χ1) is 7.50. The van der Waals surface area contributed by atoms with Gasteiger partial charge in [-0.25, -0.2) is 13.6 Å². The molecular formula is C10H12N2O2S2. The highest BCUT2D eigenvalue weighted by molar-refractivity contribution is 8.02. The van der Waals surface area contributed by atoms with Gasteiger partial charge in [-0.3, -0.25) is 0 Å². The maximum Gasteiger partial charge on any atom is 0.240 e. The molecule has 2 N–H and O–H groups in total. The Morgan fingerprint density at radius 1 is 1.44 bits per heavy atom. The van der Waals surface area contributed by atoms with Gasteiger partial charge in [-0.15, -0.1) is 11.8 Å². The number of aryl methyl sites for hydroxylation is 1. The van der Waals surface area contributed by atoms with Crippen molar-refractivity contribution in [3.8, 4) is 0 Å². The van der Waals surface area contributed by atoms with Crippen molar-refractivity contribution >= 4 is 27.5 Å². The van der Waals surface area contributed by atoms with Crippen LogP contribution in [0.4, 0.5) is 5.69 Å². The minimum Gasteiger partial charge on any atom is -0.336 e. The number of thioether (sulfide) groups is 1. The molecule has 0 amide bonds. The first-order valence-corrected chi connectivity index (χ1v) is 7.27. The van der Waals surface area contributed by atoms with Crippen molar-refractivity contribution in [2.45, 2.75) is 11.8 Å². The largest absolute Gasteiger partial charge is 0.336 e. The highest BCUT2D eigenvalue weighted by Gasteiger charge is 2.20. The number of primary sulfonamides is 1. The van der Waals surface area contributed by atoms with Gasteiger partial charge in [0.1, 0.15) is 4.90 Å². The van der Waals surface area contributed by atoms with Crippen LogP contribution in [0.5, 0.6) is 0 Å². The molecule has 0 bridgehead atoms. The number of benzene rings is 1. The molecule has 0 spiro atoms. The summed E-state index contributed by atoms with van der Waals surface area (Å²) in [6.07, 6.45) is 1.86. The molecule has 0 saturated carbocycles. The fourth-order valence-electron chi connectivity index (χ4n) is 1.65. The van der Waals surface area contributed by atoms with Crippen molar-refractivity contribution in [3.05, 3.63) is 35.4 Å². The van der Waals surface area contributed by atoms with E-state index in [1.165, 1.54) is 6.07 Å². The molecule has 1 aromatic rings. The molecule has 1 aliphatic rings. The summed E-state index contributed by atoms with van der Waals surface area (Å²) in [7, 11) is -3.68. The van der Waals surface area contributed by atoms with Gasteiger partial charge in [0.2, 0.25) is 10.0 Å². The Balaban J connectivity index is 2.62. The van der Waals surface area contributed by atoms with Crippen molar-refractivity contribution in [2.75, 3.05) is 10.8 Å². The summed E-state index contributed by atoms with van der Waals surface area (Å²) in [5, 5.41) is 7.14. The van der Waals surface area contributed by atoms with Gasteiger partial charge in [-0.1, -0.05) is 12.1 Å². The molecular weight excluding hydrogens is 244 g/mol. The number of rotatable bonds is 2. The summed E-state index contributed by atoms with van der Waals surface area (Å²) in [6.45, 7) is 1.88. The van der Waals surface area contributed by atoms with Crippen LogP contribution in [-0.4, -0.2) is 14.3 Å². The molecule has 0 saturated heterocycles. The maximum absolute atomic E-state index is 11.5. The maximum atomic E-state index is 11.5. The standard InChI is InChI=1S/C10H12N2O2S2/c1-8-3-2-4-9(16(11,13)14)10(8)12-5-6-15-7-12/h2-6H,7H2,1H3,(H2,11,13,14). The predicted molar refractivity (Wildman–Crippen MR) is 66.6 cm³/mol. The number of nitrogens with zero attached hydrogens (tertiary/aromatic N) is 1. The zero-order chi connectivity index (χ0) is 11.8. The summed E-state index contributed by atoms with van der Waals surface area (Å²) in [4.78, 5) is 2.07. The number of sulfonamides is 1. The van der Waals surface area contributed by atoms with E-state index in [4.69, 9.17) is 5.14 Å². The van der Waals surface area contributed by atoms with E-state index in [0.29, 0.717) is 11.6 Å². The smallest absolute Gasteiger partial charge is 0.240 e. The first-order valence-electron chi connectivity index (χ1n) is 4.67. The zero-order valence-corrected chi connectivity index (χ0v) is 10.4. The van der Waals surface area contributed by atoms with Gasteiger partial charge in [0, 0.05) is 6.20 Å². The fraction of sp³-hybridized carbons (Fsp3) is 0.200. The van der Waals surface area contributed by atoms with E-state index in [1.54, 1.807) is 17.8 Å². The number of hydrogen-bond donors (Lipinski definition) is 1. The lowest BCUT2D eigenvalue weighted by atomic mass is 10.2. The van der Waals surface area contributed by atoms with Crippen molar-refractivity contribution in [1.82, 2.24) is 0 Å². The van der Waals surface area contributed by atoms with Crippen LogP contribution in [0.25, 0.3) is 0 Å². The van der Waals surface area contributed by atoms with Crippen LogP contribution in [0, 0.1) is 6.92 Å². The van der Waals surface area contributed by atoms with Crippen LogP contribution < -0.4 is 10.0 Å². The third kappa shape index (κ3) is 2.09. The van der Waals surface area contributed by atoms with Crippen LogP contribution in [0.2, 0.25) is 0 Å². The minimum atomic E-state index is -3.68. The molecule has 0 atom stereocenters. The minimum absolute atomic E-state index is 0.180. The lowest BCUT2D eigenvalue weighted by Gasteiger charge is -2.20. The number of para-hydroxylation sites is 1. The van der Waals surface area contributed by atoms with E-state index < -0.39 is 10.0 Å². The quantitative estimate of drug-likeness (QED) is 0.873. The monoisotopic (exact) mass is 256 g/mol. The summed E-state index contributed by atoms with van der Waals surface area (Å²) >= 11 is 1.61. The summed E-state index contributed by atoms with van der Waals surface area (Å²) in [6, 6.07) is 5.11. The van der Waals surface area contributed by atoms with E-state index >= 15 is 0 Å². The Morgan fingerprint density at radius 3 is 2.75 bits per heavy atom. The lowest BCUT2D eigenvalue weighted by Crippen LogP contribution is -2.20. The van der Waals surface area contributed by atoms with Crippen LogP contribution in [-0.2, 0) is 10.0 Å². The van der Waals surface area contributed by atoms with Crippen molar-refractivity contribution in [1.29, 1.82) is 0 Å². The average Bonchev–Trinajstić information content (AvgIpc) is 2.68. The zero-order valence-electron chi connectivity index (χ0n) is 8.75. The van der Waals surface area contributed by atoms with Crippen LogP contribution >= 0.6 is 11.8 Å². The first kappa shape index (κ1) is 11.5. The van der Waals surface area contributed by atoms with Gasteiger partial charge in [0.25, 0.3) is 0 Å². The summed E-state index contributed by atoms with van der Waals surface area (Å²) in [5.74, 6) is 0.716. The second-order valence-electron chi connectivity index (χ2n) is 3.52. The third-order valence-electron chi connectivity index (χ3n) is 2.35. The highest BCUT2D eigenvalue weighted by atomic mass is 32.2.